The summed E-state index contributed by atoms with van der Waals surface area (Å²) in [6, 6.07) is 9.17. The molecule has 2 N–H and O–H groups in total. The third-order valence-electron chi connectivity index (χ3n) is 3.75. The van der Waals surface area contributed by atoms with Crippen LogP contribution in [0.4, 0.5) is 25.0 Å². The van der Waals surface area contributed by atoms with E-state index in [1.165, 1.54) is 0 Å². The van der Waals surface area contributed by atoms with Gasteiger partial charge in [-0.2, -0.15) is 5.10 Å². The molecule has 0 spiro atoms. The molecule has 134 valence electrons. The SMILES string of the molecule is Cc1nn(-c2ccc(NC(=O)Nc3ccc(F)cc3F)cc2)c(C)c1Cl. The molecule has 0 aliphatic rings. The highest BCUT2D eigenvalue weighted by Crippen LogP contribution is 2.23. The van der Waals surface area contributed by atoms with E-state index in [4.69, 9.17) is 11.6 Å². The maximum atomic E-state index is 13.6. The van der Waals surface area contributed by atoms with Crippen LogP contribution < -0.4 is 10.6 Å². The molecule has 0 bridgehead atoms. The van der Waals surface area contributed by atoms with E-state index in [0.717, 1.165) is 29.2 Å². The van der Waals surface area contributed by atoms with E-state index in [-0.39, 0.29) is 5.69 Å². The van der Waals surface area contributed by atoms with Crippen LogP contribution in [0.2, 0.25) is 5.02 Å². The molecule has 0 unspecified atom stereocenters. The van der Waals surface area contributed by atoms with Crippen molar-refractivity contribution in [2.24, 2.45) is 0 Å². The lowest BCUT2D eigenvalue weighted by atomic mass is 10.2. The largest absolute Gasteiger partial charge is 0.323 e. The van der Waals surface area contributed by atoms with Gasteiger partial charge in [-0.25, -0.2) is 18.3 Å². The van der Waals surface area contributed by atoms with Gasteiger partial charge in [-0.15, -0.1) is 0 Å². The Hall–Kier alpha value is -2.93. The molecule has 1 aromatic heterocycles. The zero-order valence-corrected chi connectivity index (χ0v) is 14.7. The van der Waals surface area contributed by atoms with E-state index in [9.17, 15) is 13.6 Å². The van der Waals surface area contributed by atoms with Crippen LogP contribution in [0, 0.1) is 25.5 Å². The first kappa shape index (κ1) is 17.9. The van der Waals surface area contributed by atoms with Crippen molar-refractivity contribution in [2.45, 2.75) is 13.8 Å². The molecular weight excluding hydrogens is 362 g/mol. The maximum absolute atomic E-state index is 13.6. The maximum Gasteiger partial charge on any atom is 0.323 e. The fourth-order valence-electron chi connectivity index (χ4n) is 2.44. The monoisotopic (exact) mass is 376 g/mol. The molecule has 3 rings (SSSR count). The minimum atomic E-state index is -0.850. The minimum absolute atomic E-state index is 0.113. The molecule has 8 heteroatoms. The smallest absolute Gasteiger partial charge is 0.308 e. The highest BCUT2D eigenvalue weighted by atomic mass is 35.5. The Labute approximate surface area is 153 Å². The summed E-state index contributed by atoms with van der Waals surface area (Å²) >= 11 is 6.15. The van der Waals surface area contributed by atoms with Crippen molar-refractivity contribution in [3.8, 4) is 5.69 Å². The Morgan fingerprint density at radius 2 is 1.77 bits per heavy atom. The van der Waals surface area contributed by atoms with Crippen LogP contribution in [0.25, 0.3) is 5.69 Å². The summed E-state index contributed by atoms with van der Waals surface area (Å²) in [7, 11) is 0. The Kier molecular flexibility index (Phi) is 4.90. The second kappa shape index (κ2) is 7.13. The lowest BCUT2D eigenvalue weighted by molar-refractivity contribution is 0.262. The van der Waals surface area contributed by atoms with Gasteiger partial charge < -0.3 is 10.6 Å². The van der Waals surface area contributed by atoms with Gasteiger partial charge in [0.2, 0.25) is 0 Å². The Morgan fingerprint density at radius 1 is 1.08 bits per heavy atom. The third-order valence-corrected chi connectivity index (χ3v) is 4.30. The van der Waals surface area contributed by atoms with Crippen molar-refractivity contribution in [1.82, 2.24) is 9.78 Å². The lowest BCUT2D eigenvalue weighted by Gasteiger charge is -2.10. The molecule has 0 atom stereocenters. The first-order valence-corrected chi connectivity index (χ1v) is 8.08. The number of carbonyl (C=O) groups is 1. The molecule has 2 aromatic carbocycles. The molecule has 0 saturated heterocycles. The fourth-order valence-corrected chi connectivity index (χ4v) is 2.55. The van der Waals surface area contributed by atoms with E-state index in [2.05, 4.69) is 15.7 Å². The first-order valence-electron chi connectivity index (χ1n) is 7.70. The number of nitrogens with zero attached hydrogens (tertiary/aromatic N) is 2. The van der Waals surface area contributed by atoms with Crippen LogP contribution in [0.3, 0.4) is 0 Å². The quantitative estimate of drug-likeness (QED) is 0.670. The van der Waals surface area contributed by atoms with E-state index in [1.54, 1.807) is 28.9 Å². The minimum Gasteiger partial charge on any atom is -0.308 e. The molecule has 0 radical (unpaired) electrons. The zero-order valence-electron chi connectivity index (χ0n) is 14.0. The number of halogens is 3. The van der Waals surface area contributed by atoms with Crippen molar-refractivity contribution in [3.05, 3.63) is 70.5 Å². The van der Waals surface area contributed by atoms with Gasteiger partial charge in [0.25, 0.3) is 0 Å². The summed E-state index contributed by atoms with van der Waals surface area (Å²) < 4.78 is 28.1. The van der Waals surface area contributed by atoms with Gasteiger partial charge in [-0.05, 0) is 50.2 Å². The van der Waals surface area contributed by atoms with Gasteiger partial charge in [-0.3, -0.25) is 0 Å². The summed E-state index contributed by atoms with van der Waals surface area (Å²) in [5.74, 6) is -1.56. The third kappa shape index (κ3) is 3.67. The van der Waals surface area contributed by atoms with Gasteiger partial charge >= 0.3 is 6.03 Å². The predicted molar refractivity (Wildman–Crippen MR) is 97.0 cm³/mol. The average molecular weight is 377 g/mol. The first-order chi connectivity index (χ1) is 12.3. The predicted octanol–water partition coefficient (Wildman–Crippen LogP) is 5.06. The number of benzene rings is 2. The van der Waals surface area contributed by atoms with Crippen LogP contribution >= 0.6 is 11.6 Å². The molecule has 3 aromatic rings. The van der Waals surface area contributed by atoms with Gasteiger partial charge in [-0.1, -0.05) is 11.6 Å². The Balaban J connectivity index is 1.71. The topological polar surface area (TPSA) is 59.0 Å². The van der Waals surface area contributed by atoms with Gasteiger partial charge in [0.05, 0.1) is 27.8 Å². The van der Waals surface area contributed by atoms with Gasteiger partial charge in [0.15, 0.2) is 0 Å². The molecule has 26 heavy (non-hydrogen) atoms. The number of aryl methyl sites for hydroxylation is 1. The van der Waals surface area contributed by atoms with E-state index in [0.29, 0.717) is 16.8 Å². The molecule has 0 aliphatic carbocycles. The molecule has 1 heterocycles. The van der Waals surface area contributed by atoms with Crippen LogP contribution in [0.1, 0.15) is 11.4 Å². The Bertz CT molecular complexity index is 970. The normalized spacial score (nSPS) is 10.7. The zero-order chi connectivity index (χ0) is 18.8. The second-order valence-electron chi connectivity index (χ2n) is 5.65. The summed E-state index contributed by atoms with van der Waals surface area (Å²) in [5, 5.41) is 9.86. The molecule has 0 fully saturated rings. The molecule has 0 aliphatic heterocycles. The van der Waals surface area contributed by atoms with Crippen molar-refractivity contribution in [2.75, 3.05) is 10.6 Å². The molecular formula is C18H15ClF2N4O. The van der Waals surface area contributed by atoms with Crippen LogP contribution in [0.15, 0.2) is 42.5 Å². The van der Waals surface area contributed by atoms with Crippen molar-refractivity contribution >= 4 is 29.0 Å². The summed E-state index contributed by atoms with van der Waals surface area (Å²) in [5.41, 5.74) is 2.72. The van der Waals surface area contributed by atoms with Crippen LogP contribution in [-0.2, 0) is 0 Å². The van der Waals surface area contributed by atoms with E-state index in [1.807, 2.05) is 13.8 Å². The summed E-state index contributed by atoms with van der Waals surface area (Å²) in [4.78, 5) is 12.0. The lowest BCUT2D eigenvalue weighted by Crippen LogP contribution is -2.20. The fraction of sp³-hybridized carbons (Fsp3) is 0.111. The number of hydrogen-bond donors (Lipinski definition) is 2. The molecule has 5 nitrogen and oxygen atoms in total. The highest BCUT2D eigenvalue weighted by molar-refractivity contribution is 6.31. The number of carbonyl (C=O) groups excluding carboxylic acids is 1. The van der Waals surface area contributed by atoms with E-state index < -0.39 is 17.7 Å². The van der Waals surface area contributed by atoms with Crippen molar-refractivity contribution < 1.29 is 13.6 Å². The average Bonchev–Trinajstić information content (AvgIpc) is 2.86. The number of nitrogens with one attached hydrogen (secondary N) is 2. The van der Waals surface area contributed by atoms with Crippen molar-refractivity contribution in [1.29, 1.82) is 0 Å². The standard InChI is InChI=1S/C18H15ClF2N4O/c1-10-17(19)11(2)25(24-10)14-6-4-13(5-7-14)22-18(26)23-16-8-3-12(20)9-15(16)21/h3-9H,1-2H3,(H2,22,23,26). The van der Waals surface area contributed by atoms with Gasteiger partial charge in [0, 0.05) is 11.8 Å². The van der Waals surface area contributed by atoms with Crippen LogP contribution in [-0.4, -0.2) is 15.8 Å². The number of aromatic nitrogens is 2. The Morgan fingerprint density at radius 3 is 2.35 bits per heavy atom. The summed E-state index contributed by atoms with van der Waals surface area (Å²) in [6.07, 6.45) is 0. The number of amides is 2. The van der Waals surface area contributed by atoms with E-state index >= 15 is 0 Å². The highest BCUT2D eigenvalue weighted by Gasteiger charge is 2.11. The number of hydrogen-bond acceptors (Lipinski definition) is 2. The number of rotatable bonds is 3. The van der Waals surface area contributed by atoms with Gasteiger partial charge in [0.1, 0.15) is 11.6 Å². The molecule has 0 saturated carbocycles. The van der Waals surface area contributed by atoms with Crippen LogP contribution in [0.5, 0.6) is 0 Å². The second-order valence-corrected chi connectivity index (χ2v) is 6.02. The van der Waals surface area contributed by atoms with Crippen molar-refractivity contribution in [3.63, 3.8) is 0 Å². The number of anilines is 2. The summed E-state index contributed by atoms with van der Waals surface area (Å²) in [6.45, 7) is 3.68. The number of urea groups is 1. The molecule has 2 amide bonds.